The van der Waals surface area contributed by atoms with Crippen molar-refractivity contribution in [3.63, 3.8) is 0 Å². The van der Waals surface area contributed by atoms with Crippen molar-refractivity contribution < 1.29 is 4.52 Å². The van der Waals surface area contributed by atoms with E-state index in [9.17, 15) is 0 Å². The lowest BCUT2D eigenvalue weighted by Crippen LogP contribution is -1.67. The van der Waals surface area contributed by atoms with Crippen LogP contribution in [0.25, 0.3) is 10.4 Å². The summed E-state index contributed by atoms with van der Waals surface area (Å²) in [5.74, 6) is 1.00. The normalized spacial score (nSPS) is 9.00. The summed E-state index contributed by atoms with van der Waals surface area (Å²) in [7, 11) is 0. The van der Waals surface area contributed by atoms with Crippen molar-refractivity contribution in [2.45, 2.75) is 13.8 Å². The van der Waals surface area contributed by atoms with Gasteiger partial charge in [-0.05, 0) is 24.5 Å². The minimum absolute atomic E-state index is 0.319. The first-order valence-electron chi connectivity index (χ1n) is 2.73. The Morgan fingerprint density at radius 3 is 2.70 bits per heavy atom. The maximum atomic E-state index is 8.03. The molecule has 0 aliphatic rings. The van der Waals surface area contributed by atoms with E-state index in [2.05, 4.69) is 15.2 Å². The Balaban J connectivity index is 3.17. The Labute approximate surface area is 57.3 Å². The zero-order valence-electron chi connectivity index (χ0n) is 5.70. The van der Waals surface area contributed by atoms with Gasteiger partial charge in [0.25, 0.3) is 0 Å². The Kier molecular flexibility index (Phi) is 1.60. The third-order valence-corrected chi connectivity index (χ3v) is 1.27. The largest absolute Gasteiger partial charge is 0.361 e. The number of rotatable bonds is 1. The monoisotopic (exact) mass is 138 g/mol. The molecule has 5 heteroatoms. The van der Waals surface area contributed by atoms with E-state index < -0.39 is 0 Å². The van der Waals surface area contributed by atoms with E-state index in [1.165, 1.54) is 0 Å². The lowest BCUT2D eigenvalue weighted by molar-refractivity contribution is 0.398. The van der Waals surface area contributed by atoms with Crippen LogP contribution in [0, 0.1) is 13.8 Å². The summed E-state index contributed by atoms with van der Waals surface area (Å²) in [6.07, 6.45) is 0. The molecular formula is C5H6N4O. The lowest BCUT2D eigenvalue weighted by Gasteiger charge is -1.80. The highest BCUT2D eigenvalue weighted by Crippen LogP contribution is 2.19. The quantitative estimate of drug-likeness (QED) is 0.339. The van der Waals surface area contributed by atoms with E-state index in [-0.39, 0.29) is 0 Å². The minimum Gasteiger partial charge on any atom is -0.361 e. The summed E-state index contributed by atoms with van der Waals surface area (Å²) in [4.78, 5) is 2.58. The number of aryl methyl sites for hydroxylation is 1. The molecule has 0 N–H and O–H groups in total. The van der Waals surface area contributed by atoms with Crippen LogP contribution < -0.4 is 0 Å². The van der Waals surface area contributed by atoms with Crippen LogP contribution in [0.5, 0.6) is 0 Å². The highest BCUT2D eigenvalue weighted by molar-refractivity contribution is 5.37. The molecule has 0 spiro atoms. The summed E-state index contributed by atoms with van der Waals surface area (Å²) >= 11 is 0. The third kappa shape index (κ3) is 0.942. The molecule has 0 bridgehead atoms. The standard InChI is InChI=1S/C5H6N4O/c1-3-4(2)10-8-5(3)7-9-6/h1-2H3. The molecule has 1 aromatic heterocycles. The molecule has 0 radical (unpaired) electrons. The molecule has 5 nitrogen and oxygen atoms in total. The average Bonchev–Trinajstić information content (AvgIpc) is 2.20. The van der Waals surface area contributed by atoms with Crippen molar-refractivity contribution >= 4 is 5.82 Å². The molecule has 0 aliphatic carbocycles. The van der Waals surface area contributed by atoms with Gasteiger partial charge in [0.15, 0.2) is 5.82 Å². The van der Waals surface area contributed by atoms with Gasteiger partial charge in [0.05, 0.1) is 0 Å². The molecular weight excluding hydrogens is 132 g/mol. The summed E-state index contributed by atoms with van der Waals surface area (Å²) in [6.45, 7) is 3.55. The molecule has 0 aromatic carbocycles. The van der Waals surface area contributed by atoms with E-state index in [0.717, 1.165) is 5.56 Å². The van der Waals surface area contributed by atoms with Crippen LogP contribution in [0.3, 0.4) is 0 Å². The molecule has 0 aliphatic heterocycles. The van der Waals surface area contributed by atoms with Gasteiger partial charge in [-0.2, -0.15) is 0 Å². The van der Waals surface area contributed by atoms with Gasteiger partial charge in [0.1, 0.15) is 5.76 Å². The topological polar surface area (TPSA) is 74.8 Å². The summed E-state index contributed by atoms with van der Waals surface area (Å²) in [5, 5.41) is 6.81. The molecule has 0 fully saturated rings. The smallest absolute Gasteiger partial charge is 0.172 e. The predicted molar refractivity (Wildman–Crippen MR) is 34.8 cm³/mol. The van der Waals surface area contributed by atoms with Gasteiger partial charge in [0.2, 0.25) is 0 Å². The molecule has 10 heavy (non-hydrogen) atoms. The van der Waals surface area contributed by atoms with E-state index in [1.807, 2.05) is 0 Å². The van der Waals surface area contributed by atoms with Gasteiger partial charge in [-0.25, -0.2) is 0 Å². The van der Waals surface area contributed by atoms with Crippen molar-refractivity contribution in [3.8, 4) is 0 Å². The molecule has 0 saturated carbocycles. The second-order valence-corrected chi connectivity index (χ2v) is 1.88. The molecule has 0 amide bonds. The molecule has 0 unspecified atom stereocenters. The molecule has 1 rings (SSSR count). The Morgan fingerprint density at radius 2 is 2.30 bits per heavy atom. The summed E-state index contributed by atoms with van der Waals surface area (Å²) in [6, 6.07) is 0. The Bertz CT molecular complexity index is 284. The molecule has 52 valence electrons. The van der Waals surface area contributed by atoms with E-state index >= 15 is 0 Å². The first-order valence-corrected chi connectivity index (χ1v) is 2.73. The van der Waals surface area contributed by atoms with E-state index in [4.69, 9.17) is 10.1 Å². The lowest BCUT2D eigenvalue weighted by atomic mass is 10.3. The van der Waals surface area contributed by atoms with Crippen molar-refractivity contribution in [2.24, 2.45) is 5.11 Å². The van der Waals surface area contributed by atoms with Crippen molar-refractivity contribution in [3.05, 3.63) is 21.8 Å². The van der Waals surface area contributed by atoms with E-state index in [1.54, 1.807) is 13.8 Å². The zero-order chi connectivity index (χ0) is 7.56. The number of aromatic nitrogens is 1. The summed E-state index contributed by atoms with van der Waals surface area (Å²) < 4.78 is 4.73. The minimum atomic E-state index is 0.319. The Morgan fingerprint density at radius 1 is 1.60 bits per heavy atom. The van der Waals surface area contributed by atoms with Gasteiger partial charge in [0, 0.05) is 10.5 Å². The second kappa shape index (κ2) is 2.41. The number of hydrogen-bond acceptors (Lipinski definition) is 3. The Hall–Kier alpha value is -1.48. The maximum absolute atomic E-state index is 8.03. The number of nitrogens with zero attached hydrogens (tertiary/aromatic N) is 4. The van der Waals surface area contributed by atoms with Crippen LogP contribution in [0.1, 0.15) is 11.3 Å². The van der Waals surface area contributed by atoms with Crippen LogP contribution in [0.15, 0.2) is 9.64 Å². The second-order valence-electron chi connectivity index (χ2n) is 1.88. The highest BCUT2D eigenvalue weighted by atomic mass is 16.5. The maximum Gasteiger partial charge on any atom is 0.172 e. The number of azide groups is 1. The molecule has 0 atom stereocenters. The van der Waals surface area contributed by atoms with Crippen LogP contribution in [0.4, 0.5) is 5.82 Å². The molecule has 1 heterocycles. The fraction of sp³-hybridized carbons (Fsp3) is 0.400. The van der Waals surface area contributed by atoms with Crippen molar-refractivity contribution in [1.29, 1.82) is 0 Å². The van der Waals surface area contributed by atoms with Crippen molar-refractivity contribution in [1.82, 2.24) is 5.16 Å². The van der Waals surface area contributed by atoms with Gasteiger partial charge < -0.3 is 4.52 Å². The fourth-order valence-electron chi connectivity index (χ4n) is 0.542. The van der Waals surface area contributed by atoms with Crippen molar-refractivity contribution in [2.75, 3.05) is 0 Å². The number of hydrogen-bond donors (Lipinski definition) is 0. The van der Waals surface area contributed by atoms with Crippen LogP contribution in [-0.2, 0) is 0 Å². The first kappa shape index (κ1) is 6.64. The zero-order valence-corrected chi connectivity index (χ0v) is 5.70. The summed E-state index contributed by atoms with van der Waals surface area (Å²) in [5.41, 5.74) is 8.82. The van der Waals surface area contributed by atoms with Crippen LogP contribution >= 0.6 is 0 Å². The fourth-order valence-corrected chi connectivity index (χ4v) is 0.542. The van der Waals surface area contributed by atoms with E-state index in [0.29, 0.717) is 11.6 Å². The highest BCUT2D eigenvalue weighted by Gasteiger charge is 2.03. The molecule has 0 saturated heterocycles. The van der Waals surface area contributed by atoms with Gasteiger partial charge in [-0.3, -0.25) is 0 Å². The van der Waals surface area contributed by atoms with Crippen LogP contribution in [0.2, 0.25) is 0 Å². The first-order chi connectivity index (χ1) is 4.75. The third-order valence-electron chi connectivity index (χ3n) is 1.27. The van der Waals surface area contributed by atoms with Crippen LogP contribution in [-0.4, -0.2) is 5.16 Å². The SMILES string of the molecule is Cc1onc(N=[N+]=[N-])c1C. The van der Waals surface area contributed by atoms with Gasteiger partial charge in [-0.15, -0.1) is 0 Å². The average molecular weight is 138 g/mol. The van der Waals surface area contributed by atoms with Gasteiger partial charge in [-0.1, -0.05) is 5.16 Å². The van der Waals surface area contributed by atoms with Gasteiger partial charge >= 0.3 is 0 Å². The molecule has 1 aromatic rings. The predicted octanol–water partition coefficient (Wildman–Crippen LogP) is 2.23.